The molecule has 0 bridgehead atoms. The monoisotopic (exact) mass is 575 g/mol. The van der Waals surface area contributed by atoms with E-state index in [-0.39, 0.29) is 0 Å². The molecule has 0 aliphatic rings. The van der Waals surface area contributed by atoms with Crippen LogP contribution in [0, 0.1) is 0 Å². The predicted octanol–water partition coefficient (Wildman–Crippen LogP) is 9.45. The van der Waals surface area contributed by atoms with Gasteiger partial charge in [0.25, 0.3) is 0 Å². The number of unbranched alkanes of at least 4 members (excludes halogenated alkanes) is 2. The van der Waals surface area contributed by atoms with Gasteiger partial charge in [0, 0.05) is 42.6 Å². The molecule has 0 aliphatic carbocycles. The SMILES string of the molecule is CCCCCON=C(c1csc([N-]c2nc3ccccc3s2)n1)c1csc([N-]c2nc3ccccc3s2)n1. The first-order chi connectivity index (χ1) is 18.7. The highest BCUT2D eigenvalue weighted by atomic mass is 32.1. The minimum absolute atomic E-state index is 0.539. The summed E-state index contributed by atoms with van der Waals surface area (Å²) in [5.74, 6) is 0. The van der Waals surface area contributed by atoms with Crippen molar-refractivity contribution < 1.29 is 4.84 Å². The van der Waals surface area contributed by atoms with Crippen molar-refractivity contribution in [1.29, 1.82) is 0 Å². The maximum absolute atomic E-state index is 5.68. The normalized spacial score (nSPS) is 11.2. The van der Waals surface area contributed by atoms with Crippen LogP contribution in [0.2, 0.25) is 0 Å². The maximum atomic E-state index is 5.68. The quantitative estimate of drug-likeness (QED) is 0.0870. The van der Waals surface area contributed by atoms with Crippen LogP contribution in [-0.2, 0) is 4.84 Å². The van der Waals surface area contributed by atoms with Crippen LogP contribution in [0.4, 0.5) is 20.5 Å². The van der Waals surface area contributed by atoms with Gasteiger partial charge in [-0.15, -0.1) is 45.3 Å². The molecule has 0 radical (unpaired) electrons. The van der Waals surface area contributed by atoms with Crippen LogP contribution in [0.3, 0.4) is 0 Å². The largest absolute Gasteiger partial charge is 0.395 e. The van der Waals surface area contributed by atoms with Gasteiger partial charge in [-0.1, -0.05) is 61.3 Å². The molecule has 4 heterocycles. The molecular formula is C26H21N7OS4-2. The number of hydrogen-bond acceptors (Lipinski definition) is 10. The van der Waals surface area contributed by atoms with Gasteiger partial charge in [0.1, 0.15) is 12.3 Å². The number of para-hydroxylation sites is 2. The zero-order chi connectivity index (χ0) is 25.7. The molecule has 6 aromatic rings. The van der Waals surface area contributed by atoms with Crippen molar-refractivity contribution in [2.45, 2.75) is 26.2 Å². The Morgan fingerprint density at radius 2 is 1.29 bits per heavy atom. The van der Waals surface area contributed by atoms with Crippen LogP contribution in [-0.4, -0.2) is 32.3 Å². The molecule has 8 nitrogen and oxygen atoms in total. The Kier molecular flexibility index (Phi) is 7.54. The Morgan fingerprint density at radius 3 is 1.82 bits per heavy atom. The summed E-state index contributed by atoms with van der Waals surface area (Å²) < 4.78 is 2.19. The molecule has 4 aromatic heterocycles. The molecule has 192 valence electrons. The third-order valence-electron chi connectivity index (χ3n) is 5.41. The Labute approximate surface area is 235 Å². The molecule has 2 aromatic carbocycles. The number of thiazole rings is 4. The topological polar surface area (TPSA) is 101 Å². The lowest BCUT2D eigenvalue weighted by Crippen LogP contribution is -2.06. The van der Waals surface area contributed by atoms with Gasteiger partial charge in [0.15, 0.2) is 0 Å². The lowest BCUT2D eigenvalue weighted by molar-refractivity contribution is 0.140. The van der Waals surface area contributed by atoms with E-state index < -0.39 is 0 Å². The molecule has 0 saturated carbocycles. The lowest BCUT2D eigenvalue weighted by Gasteiger charge is -2.08. The Balaban J connectivity index is 1.23. The fourth-order valence-electron chi connectivity index (χ4n) is 3.58. The van der Waals surface area contributed by atoms with Gasteiger partial charge in [-0.25, -0.2) is 0 Å². The van der Waals surface area contributed by atoms with E-state index in [1.807, 2.05) is 59.3 Å². The van der Waals surface area contributed by atoms with Gasteiger partial charge in [-0.3, -0.25) is 0 Å². The molecular weight excluding hydrogens is 555 g/mol. The van der Waals surface area contributed by atoms with Crippen molar-refractivity contribution in [3.8, 4) is 0 Å². The van der Waals surface area contributed by atoms with Crippen molar-refractivity contribution in [3.05, 3.63) is 81.3 Å². The fraction of sp³-hybridized carbons (Fsp3) is 0.192. The summed E-state index contributed by atoms with van der Waals surface area (Å²) >= 11 is 5.94. The van der Waals surface area contributed by atoms with Crippen molar-refractivity contribution in [3.63, 3.8) is 0 Å². The summed E-state index contributed by atoms with van der Waals surface area (Å²) in [7, 11) is 0. The third-order valence-corrected chi connectivity index (χ3v) is 8.74. The van der Waals surface area contributed by atoms with Gasteiger partial charge in [-0.05, 0) is 18.6 Å². The van der Waals surface area contributed by atoms with Crippen molar-refractivity contribution in [2.75, 3.05) is 6.61 Å². The summed E-state index contributed by atoms with van der Waals surface area (Å²) in [6, 6.07) is 16.0. The average Bonchev–Trinajstić information content (AvgIpc) is 3.72. The third kappa shape index (κ3) is 5.68. The number of hydrogen-bond donors (Lipinski definition) is 0. The van der Waals surface area contributed by atoms with Crippen LogP contribution in [0.5, 0.6) is 0 Å². The van der Waals surface area contributed by atoms with Gasteiger partial charge in [-0.2, -0.15) is 0 Å². The molecule has 12 heteroatoms. The molecule has 0 spiro atoms. The predicted molar refractivity (Wildman–Crippen MR) is 160 cm³/mol. The minimum atomic E-state index is 0.539. The summed E-state index contributed by atoms with van der Waals surface area (Å²) in [6.07, 6.45) is 3.15. The van der Waals surface area contributed by atoms with E-state index in [4.69, 9.17) is 14.8 Å². The molecule has 0 atom stereocenters. The highest BCUT2D eigenvalue weighted by Crippen LogP contribution is 2.40. The lowest BCUT2D eigenvalue weighted by atomic mass is 10.2. The first kappa shape index (κ1) is 24.9. The molecule has 6 rings (SSSR count). The summed E-state index contributed by atoms with van der Waals surface area (Å²) in [6.45, 7) is 2.70. The Morgan fingerprint density at radius 1 is 0.737 bits per heavy atom. The second-order valence-electron chi connectivity index (χ2n) is 8.16. The number of rotatable bonds is 11. The van der Waals surface area contributed by atoms with Crippen LogP contribution in [0.1, 0.15) is 37.6 Å². The molecule has 0 amide bonds. The number of fused-ring (bicyclic) bond motifs is 2. The van der Waals surface area contributed by atoms with Gasteiger partial charge in [0.2, 0.25) is 0 Å². The van der Waals surface area contributed by atoms with Crippen LogP contribution in [0.25, 0.3) is 31.1 Å². The highest BCUT2D eigenvalue weighted by molar-refractivity contribution is 7.23. The van der Waals surface area contributed by atoms with E-state index in [1.165, 1.54) is 45.3 Å². The van der Waals surface area contributed by atoms with Gasteiger partial charge in [0.05, 0.1) is 20.5 Å². The van der Waals surface area contributed by atoms with Gasteiger partial charge >= 0.3 is 0 Å². The molecule has 0 aliphatic heterocycles. The highest BCUT2D eigenvalue weighted by Gasteiger charge is 2.11. The molecule has 0 saturated heterocycles. The molecule has 38 heavy (non-hydrogen) atoms. The summed E-state index contributed by atoms with van der Waals surface area (Å²) in [5.41, 5.74) is 3.74. The Hall–Kier alpha value is -3.45. The second-order valence-corrected chi connectivity index (χ2v) is 11.9. The van der Waals surface area contributed by atoms with E-state index in [0.29, 0.717) is 44.2 Å². The first-order valence-corrected chi connectivity index (χ1v) is 15.4. The molecule has 0 fully saturated rings. The standard InChI is InChI=1S/C26H21N7OS4/c1-2-3-8-13-34-33-22(18-14-35-23(29-18)31-25-27-16-9-4-6-11-20(16)37-25)19-15-36-24(30-19)32-26-28-17-10-5-7-12-21(17)38-26/h4-7,9-12,14-15H,2-3,8,13H2,1H3/q-2. The smallest absolute Gasteiger partial charge is 0.124 e. The zero-order valence-corrected chi connectivity index (χ0v) is 23.5. The summed E-state index contributed by atoms with van der Waals surface area (Å²) in [4.78, 5) is 24.3. The average molecular weight is 576 g/mol. The van der Waals surface area contributed by atoms with Gasteiger partial charge < -0.3 is 35.4 Å². The van der Waals surface area contributed by atoms with Crippen LogP contribution < -0.4 is 0 Å². The van der Waals surface area contributed by atoms with Crippen LogP contribution in [0.15, 0.2) is 64.4 Å². The fourth-order valence-corrected chi connectivity index (χ4v) is 6.71. The second kappa shape index (κ2) is 11.5. The molecule has 0 unspecified atom stereocenters. The maximum Gasteiger partial charge on any atom is 0.124 e. The molecule has 0 N–H and O–H groups in total. The van der Waals surface area contributed by atoms with Crippen molar-refractivity contribution in [1.82, 2.24) is 19.9 Å². The van der Waals surface area contributed by atoms with Crippen molar-refractivity contribution in [2.24, 2.45) is 5.16 Å². The van der Waals surface area contributed by atoms with Crippen molar-refractivity contribution >= 4 is 92.0 Å². The zero-order valence-electron chi connectivity index (χ0n) is 20.3. The first-order valence-electron chi connectivity index (χ1n) is 12.0. The van der Waals surface area contributed by atoms with E-state index in [0.717, 1.165) is 39.7 Å². The van der Waals surface area contributed by atoms with E-state index in [1.54, 1.807) is 0 Å². The Bertz CT molecular complexity index is 1520. The summed E-state index contributed by atoms with van der Waals surface area (Å²) in [5, 5.41) is 20.1. The number of aromatic nitrogens is 4. The van der Waals surface area contributed by atoms with E-state index >= 15 is 0 Å². The number of nitrogens with zero attached hydrogens (tertiary/aromatic N) is 7. The van der Waals surface area contributed by atoms with E-state index in [2.05, 4.69) is 32.7 Å². The number of benzene rings is 2. The minimum Gasteiger partial charge on any atom is -0.395 e. The van der Waals surface area contributed by atoms with E-state index in [9.17, 15) is 0 Å². The number of oxime groups is 1. The van der Waals surface area contributed by atoms with Crippen LogP contribution >= 0.6 is 45.3 Å².